The van der Waals surface area contributed by atoms with Crippen LogP contribution >= 0.6 is 0 Å². The van der Waals surface area contributed by atoms with E-state index in [-0.39, 0.29) is 22.4 Å². The molecule has 0 radical (unpaired) electrons. The number of halogens is 1. The SMILES string of the molecule is OC(c1ccc2ccccc2c1)(c1ccc2ccccc2c1)C12CC[N+](CCOCc3ccccc3)(CC1)CC2.[Br-]. The Morgan fingerprint density at radius 2 is 1.12 bits per heavy atom. The van der Waals surface area contributed by atoms with E-state index in [0.29, 0.717) is 6.61 Å². The highest BCUT2D eigenvalue weighted by Gasteiger charge is 2.60. The Labute approximate surface area is 253 Å². The monoisotopic (exact) mass is 607 g/mol. The van der Waals surface area contributed by atoms with Crippen LogP contribution in [0.2, 0.25) is 0 Å². The summed E-state index contributed by atoms with van der Waals surface area (Å²) in [6.45, 7) is 5.79. The lowest BCUT2D eigenvalue weighted by molar-refractivity contribution is -0.946. The van der Waals surface area contributed by atoms with Crippen molar-refractivity contribution in [2.45, 2.75) is 31.5 Å². The van der Waals surface area contributed by atoms with Crippen molar-refractivity contribution in [3.05, 3.63) is 132 Å². The highest BCUT2D eigenvalue weighted by Crippen LogP contribution is 2.57. The van der Waals surface area contributed by atoms with E-state index < -0.39 is 5.60 Å². The fourth-order valence-corrected chi connectivity index (χ4v) is 7.57. The van der Waals surface area contributed by atoms with Crippen LogP contribution in [0.5, 0.6) is 0 Å². The molecular formula is C37H38BrNO2. The zero-order chi connectivity index (χ0) is 27.0. The molecule has 210 valence electrons. The van der Waals surface area contributed by atoms with Gasteiger partial charge >= 0.3 is 0 Å². The van der Waals surface area contributed by atoms with Gasteiger partial charge in [-0.25, -0.2) is 0 Å². The predicted octanol–water partition coefficient (Wildman–Crippen LogP) is 4.45. The quantitative estimate of drug-likeness (QED) is 0.209. The Bertz CT molecular complexity index is 1550. The lowest BCUT2D eigenvalue weighted by atomic mass is 9.56. The Hall–Kier alpha value is -3.02. The third-order valence-corrected chi connectivity index (χ3v) is 10.1. The van der Waals surface area contributed by atoms with E-state index in [2.05, 4.69) is 109 Å². The molecule has 0 aliphatic carbocycles. The first kappa shape index (κ1) is 28.1. The summed E-state index contributed by atoms with van der Waals surface area (Å²) in [4.78, 5) is 0. The van der Waals surface area contributed by atoms with Gasteiger partial charge in [-0.3, -0.25) is 0 Å². The van der Waals surface area contributed by atoms with Crippen molar-refractivity contribution < 1.29 is 31.3 Å². The van der Waals surface area contributed by atoms with Gasteiger partial charge in [0.2, 0.25) is 0 Å². The molecule has 1 N–H and O–H groups in total. The molecule has 2 bridgehead atoms. The smallest absolute Gasteiger partial charge is 0.121 e. The van der Waals surface area contributed by atoms with Crippen molar-refractivity contribution in [2.24, 2.45) is 5.41 Å². The topological polar surface area (TPSA) is 29.5 Å². The van der Waals surface area contributed by atoms with E-state index in [0.717, 1.165) is 67.7 Å². The summed E-state index contributed by atoms with van der Waals surface area (Å²) in [5.41, 5.74) is 2.03. The maximum Gasteiger partial charge on any atom is 0.121 e. The van der Waals surface area contributed by atoms with Crippen LogP contribution in [-0.2, 0) is 16.9 Å². The van der Waals surface area contributed by atoms with Crippen LogP contribution in [0.4, 0.5) is 0 Å². The van der Waals surface area contributed by atoms with Crippen molar-refractivity contribution in [1.82, 2.24) is 0 Å². The van der Waals surface area contributed by atoms with E-state index >= 15 is 0 Å². The number of benzene rings is 5. The van der Waals surface area contributed by atoms with Crippen molar-refractivity contribution in [2.75, 3.05) is 32.8 Å². The maximum absolute atomic E-state index is 13.2. The molecule has 3 fully saturated rings. The molecule has 8 rings (SSSR count). The number of nitrogens with zero attached hydrogens (tertiary/aromatic N) is 1. The van der Waals surface area contributed by atoms with Gasteiger partial charge in [0.05, 0.1) is 32.8 Å². The number of hydrogen-bond acceptors (Lipinski definition) is 2. The third kappa shape index (κ3) is 5.02. The number of rotatable bonds is 8. The summed E-state index contributed by atoms with van der Waals surface area (Å²) >= 11 is 0. The van der Waals surface area contributed by atoms with Gasteiger partial charge < -0.3 is 31.3 Å². The summed E-state index contributed by atoms with van der Waals surface area (Å²) < 4.78 is 7.23. The molecule has 0 amide bonds. The minimum atomic E-state index is -1.05. The van der Waals surface area contributed by atoms with Crippen molar-refractivity contribution in [1.29, 1.82) is 0 Å². The Kier molecular flexibility index (Phi) is 7.78. The lowest BCUT2D eigenvalue weighted by Gasteiger charge is -2.60. The van der Waals surface area contributed by atoms with E-state index in [1.54, 1.807) is 0 Å². The normalized spacial score (nSPS) is 22.1. The molecule has 0 aromatic heterocycles. The van der Waals surface area contributed by atoms with Gasteiger partial charge in [0, 0.05) is 24.7 Å². The molecule has 3 aliphatic heterocycles. The van der Waals surface area contributed by atoms with E-state index in [9.17, 15) is 5.11 Å². The van der Waals surface area contributed by atoms with Gasteiger partial charge in [0.1, 0.15) is 12.1 Å². The van der Waals surface area contributed by atoms with Crippen LogP contribution in [0, 0.1) is 5.41 Å². The third-order valence-electron chi connectivity index (χ3n) is 10.1. The first-order valence-corrected chi connectivity index (χ1v) is 14.8. The predicted molar refractivity (Wildman–Crippen MR) is 163 cm³/mol. The summed E-state index contributed by atoms with van der Waals surface area (Å²) in [5, 5.41) is 18.0. The number of quaternary nitrogens is 1. The zero-order valence-corrected chi connectivity index (χ0v) is 25.1. The molecule has 0 spiro atoms. The van der Waals surface area contributed by atoms with Gasteiger partial charge in [0.25, 0.3) is 0 Å². The zero-order valence-electron chi connectivity index (χ0n) is 23.5. The van der Waals surface area contributed by atoms with Gasteiger partial charge in [-0.05, 0) is 50.4 Å². The second-order valence-corrected chi connectivity index (χ2v) is 12.1. The molecule has 0 unspecified atom stereocenters. The Balaban J connectivity index is 0.00000302. The summed E-state index contributed by atoms with van der Waals surface area (Å²) in [7, 11) is 0. The van der Waals surface area contributed by atoms with Crippen LogP contribution in [0.25, 0.3) is 21.5 Å². The highest BCUT2D eigenvalue weighted by molar-refractivity contribution is 5.85. The Morgan fingerprint density at radius 1 is 0.634 bits per heavy atom. The molecule has 3 saturated heterocycles. The molecule has 5 aromatic carbocycles. The van der Waals surface area contributed by atoms with Crippen molar-refractivity contribution in [3.63, 3.8) is 0 Å². The highest BCUT2D eigenvalue weighted by atomic mass is 79.9. The largest absolute Gasteiger partial charge is 1.00 e. The maximum atomic E-state index is 13.2. The van der Waals surface area contributed by atoms with Crippen LogP contribution in [-0.4, -0.2) is 42.4 Å². The second kappa shape index (κ2) is 11.3. The minimum Gasteiger partial charge on any atom is -1.00 e. The van der Waals surface area contributed by atoms with Gasteiger partial charge in [-0.1, -0.05) is 103 Å². The Morgan fingerprint density at radius 3 is 1.66 bits per heavy atom. The van der Waals surface area contributed by atoms with E-state index in [4.69, 9.17) is 4.74 Å². The van der Waals surface area contributed by atoms with Gasteiger partial charge in [-0.15, -0.1) is 0 Å². The minimum absolute atomic E-state index is 0. The molecule has 0 atom stereocenters. The van der Waals surface area contributed by atoms with Gasteiger partial charge in [0.15, 0.2) is 0 Å². The molecule has 41 heavy (non-hydrogen) atoms. The number of fused-ring (bicyclic) bond motifs is 5. The van der Waals surface area contributed by atoms with Crippen molar-refractivity contribution >= 4 is 21.5 Å². The van der Waals surface area contributed by atoms with Gasteiger partial charge in [-0.2, -0.15) is 0 Å². The molecule has 3 aliphatic rings. The van der Waals surface area contributed by atoms with E-state index in [1.807, 2.05) is 6.07 Å². The number of aliphatic hydroxyl groups is 1. The molecular weight excluding hydrogens is 570 g/mol. The number of piperidine rings is 3. The first-order valence-electron chi connectivity index (χ1n) is 14.8. The van der Waals surface area contributed by atoms with E-state index in [1.165, 1.54) is 27.1 Å². The molecule has 5 aromatic rings. The number of ether oxygens (including phenoxy) is 1. The fraction of sp³-hybridized carbons (Fsp3) is 0.297. The van der Waals surface area contributed by atoms with Crippen LogP contribution < -0.4 is 17.0 Å². The van der Waals surface area contributed by atoms with Crippen molar-refractivity contribution in [3.8, 4) is 0 Å². The standard InChI is InChI=1S/C37H38NO2.BrH/c39-37(34-16-14-30-10-4-6-12-32(30)26-34,35-17-15-31-11-5-7-13-33(31)27-35)36-18-21-38(22-19-36,23-20-36)24-25-40-28-29-8-2-1-3-9-29;/h1-17,26-27,39H,18-25,28H2;1H/q+1;/p-1. The fourth-order valence-electron chi connectivity index (χ4n) is 7.57. The summed E-state index contributed by atoms with van der Waals surface area (Å²) in [5.74, 6) is 0. The average Bonchev–Trinajstić information content (AvgIpc) is 3.03. The molecule has 3 nitrogen and oxygen atoms in total. The second-order valence-electron chi connectivity index (χ2n) is 12.1. The van der Waals surface area contributed by atoms with Crippen LogP contribution in [0.3, 0.4) is 0 Å². The van der Waals surface area contributed by atoms with Crippen LogP contribution in [0.15, 0.2) is 115 Å². The first-order chi connectivity index (χ1) is 19.6. The average molecular weight is 609 g/mol. The molecule has 3 heterocycles. The van der Waals surface area contributed by atoms with Crippen LogP contribution in [0.1, 0.15) is 36.0 Å². The summed E-state index contributed by atoms with van der Waals surface area (Å²) in [6.07, 6.45) is 3.05. The molecule has 0 saturated carbocycles. The molecule has 4 heteroatoms. The summed E-state index contributed by atoms with van der Waals surface area (Å²) in [6, 6.07) is 40.6. The number of hydrogen-bond donors (Lipinski definition) is 1. The lowest BCUT2D eigenvalue weighted by Crippen LogP contribution is -3.00.